The fraction of sp³-hybridized carbons (Fsp3) is 0.724. The van der Waals surface area contributed by atoms with E-state index in [0.29, 0.717) is 6.54 Å². The molecule has 2 aliphatic heterocycles. The van der Waals surface area contributed by atoms with Crippen LogP contribution in [0.3, 0.4) is 0 Å². The number of hydrogen-bond acceptors (Lipinski definition) is 4. The van der Waals surface area contributed by atoms with Crippen molar-refractivity contribution in [3.63, 3.8) is 0 Å². The minimum atomic E-state index is -0.219. The molecule has 5 rings (SSSR count). The van der Waals surface area contributed by atoms with Crippen LogP contribution in [0.15, 0.2) is 29.1 Å². The maximum Gasteiger partial charge on any atom is 0.329 e. The van der Waals surface area contributed by atoms with Gasteiger partial charge in [-0.1, -0.05) is 44.2 Å². The number of nitrogens with zero attached hydrogens (tertiary/aromatic N) is 3. The number of para-hydroxylation sites is 2. The molecular weight excluding hydrogens is 521 g/mol. The van der Waals surface area contributed by atoms with Crippen LogP contribution in [-0.4, -0.2) is 58.7 Å². The molecule has 7 nitrogen and oxygen atoms in total. The highest BCUT2D eigenvalue weighted by molar-refractivity contribution is 5.85. The lowest BCUT2D eigenvalue weighted by Gasteiger charge is -2.40. The quantitative estimate of drug-likeness (QED) is 0.528. The van der Waals surface area contributed by atoms with E-state index in [9.17, 15) is 9.59 Å². The summed E-state index contributed by atoms with van der Waals surface area (Å²) in [5.74, 6) is 0.636. The molecule has 38 heavy (non-hydrogen) atoms. The van der Waals surface area contributed by atoms with Crippen molar-refractivity contribution < 1.29 is 4.79 Å². The predicted molar refractivity (Wildman–Crippen MR) is 160 cm³/mol. The van der Waals surface area contributed by atoms with Gasteiger partial charge in [0.25, 0.3) is 0 Å². The number of fused-ring (bicyclic) bond motifs is 1. The Kier molecular flexibility index (Phi) is 12.0. The minimum absolute atomic E-state index is 0. The van der Waals surface area contributed by atoms with Crippen molar-refractivity contribution in [2.45, 2.75) is 89.8 Å². The van der Waals surface area contributed by atoms with Crippen molar-refractivity contribution in [1.82, 2.24) is 24.7 Å². The van der Waals surface area contributed by atoms with Gasteiger partial charge in [-0.2, -0.15) is 0 Å². The summed E-state index contributed by atoms with van der Waals surface area (Å²) < 4.78 is 3.81. The number of benzene rings is 1. The van der Waals surface area contributed by atoms with Crippen LogP contribution in [0.25, 0.3) is 11.0 Å². The molecule has 0 radical (unpaired) electrons. The Morgan fingerprint density at radius 1 is 0.974 bits per heavy atom. The average molecular weight is 569 g/mol. The van der Waals surface area contributed by atoms with Gasteiger partial charge in [0, 0.05) is 38.8 Å². The number of aromatic nitrogens is 2. The highest BCUT2D eigenvalue weighted by Crippen LogP contribution is 2.33. The normalized spacial score (nSPS) is 25.6. The molecule has 1 saturated carbocycles. The average Bonchev–Trinajstić information content (AvgIpc) is 3.17. The monoisotopic (exact) mass is 567 g/mol. The number of likely N-dealkylation sites (tertiary alicyclic amines) is 1. The molecule has 0 spiro atoms. The van der Waals surface area contributed by atoms with Crippen molar-refractivity contribution in [3.05, 3.63) is 34.7 Å². The number of carbonyl (C=O) groups is 1. The molecule has 214 valence electrons. The maximum absolute atomic E-state index is 13.8. The van der Waals surface area contributed by atoms with Gasteiger partial charge in [0.2, 0.25) is 5.91 Å². The molecule has 3 atom stereocenters. The standard InChI is InChI=1S/C29H45N5O2.2ClH/c1-2-33-26-14-8-9-15-27(26)34(29(33)36)25-16-18-32(20-22-11-6-4-3-5-7-12-22)21-24(25)28(35)31-23-13-10-17-30-19-23;;/h8-9,14-15,22-25,30H,2-7,10-13,16-21H2,1H3,(H,31,35);2*1H/t23?,24-,25-;;/m0../s1. The molecule has 3 heterocycles. The number of rotatable bonds is 6. The zero-order chi connectivity index (χ0) is 24.9. The van der Waals surface area contributed by atoms with Gasteiger partial charge in [0.15, 0.2) is 0 Å². The molecule has 2 saturated heterocycles. The van der Waals surface area contributed by atoms with E-state index < -0.39 is 0 Å². The zero-order valence-electron chi connectivity index (χ0n) is 22.9. The number of hydrogen-bond donors (Lipinski definition) is 2. The first-order valence-corrected chi connectivity index (χ1v) is 14.6. The highest BCUT2D eigenvalue weighted by Gasteiger charge is 2.38. The van der Waals surface area contributed by atoms with Gasteiger partial charge >= 0.3 is 5.69 Å². The summed E-state index contributed by atoms with van der Waals surface area (Å²) in [6, 6.07) is 8.15. The third-order valence-electron chi connectivity index (χ3n) is 8.90. The van der Waals surface area contributed by atoms with Gasteiger partial charge in [-0.05, 0) is 63.6 Å². The third-order valence-corrected chi connectivity index (χ3v) is 8.90. The lowest BCUT2D eigenvalue weighted by Crippen LogP contribution is -2.54. The van der Waals surface area contributed by atoms with E-state index >= 15 is 0 Å². The summed E-state index contributed by atoms with van der Waals surface area (Å²) in [5.41, 5.74) is 1.95. The van der Waals surface area contributed by atoms with Crippen LogP contribution in [0.2, 0.25) is 0 Å². The summed E-state index contributed by atoms with van der Waals surface area (Å²) >= 11 is 0. The summed E-state index contributed by atoms with van der Waals surface area (Å²) in [7, 11) is 0. The predicted octanol–water partition coefficient (Wildman–Crippen LogP) is 4.76. The van der Waals surface area contributed by atoms with Crippen molar-refractivity contribution in [3.8, 4) is 0 Å². The van der Waals surface area contributed by atoms with E-state index in [0.717, 1.165) is 68.9 Å². The lowest BCUT2D eigenvalue weighted by molar-refractivity contribution is -0.129. The molecular formula is C29H47Cl2N5O2. The summed E-state index contributed by atoms with van der Waals surface area (Å²) in [6.07, 6.45) is 12.4. The van der Waals surface area contributed by atoms with Crippen LogP contribution in [-0.2, 0) is 11.3 Å². The van der Waals surface area contributed by atoms with Gasteiger partial charge in [0.05, 0.1) is 23.0 Å². The van der Waals surface area contributed by atoms with Crippen LogP contribution in [0.1, 0.15) is 77.2 Å². The second-order valence-electron chi connectivity index (χ2n) is 11.4. The minimum Gasteiger partial charge on any atom is -0.352 e. The van der Waals surface area contributed by atoms with Crippen LogP contribution in [0.5, 0.6) is 0 Å². The number of nitrogens with one attached hydrogen (secondary N) is 2. The Balaban J connectivity index is 0.00000200. The first-order valence-electron chi connectivity index (χ1n) is 14.6. The van der Waals surface area contributed by atoms with Gasteiger partial charge in [-0.3, -0.25) is 13.9 Å². The second kappa shape index (κ2) is 14.7. The molecule has 1 amide bonds. The van der Waals surface area contributed by atoms with E-state index in [-0.39, 0.29) is 54.4 Å². The number of imidazole rings is 1. The molecule has 1 aromatic heterocycles. The molecule has 9 heteroatoms. The first-order chi connectivity index (χ1) is 17.7. The Hall–Kier alpha value is -1.54. The molecule has 1 aromatic carbocycles. The largest absolute Gasteiger partial charge is 0.352 e. The lowest BCUT2D eigenvalue weighted by atomic mass is 9.87. The Morgan fingerprint density at radius 2 is 1.68 bits per heavy atom. The van der Waals surface area contributed by atoms with Gasteiger partial charge in [0.1, 0.15) is 0 Å². The highest BCUT2D eigenvalue weighted by atomic mass is 35.5. The van der Waals surface area contributed by atoms with Crippen LogP contribution in [0.4, 0.5) is 0 Å². The maximum atomic E-state index is 13.8. The second-order valence-corrected chi connectivity index (χ2v) is 11.4. The fourth-order valence-electron chi connectivity index (χ4n) is 6.97. The molecule has 3 fully saturated rings. The molecule has 2 aromatic rings. The van der Waals surface area contributed by atoms with E-state index in [1.165, 1.54) is 44.9 Å². The summed E-state index contributed by atoms with van der Waals surface area (Å²) in [4.78, 5) is 30.0. The smallest absolute Gasteiger partial charge is 0.329 e. The summed E-state index contributed by atoms with van der Waals surface area (Å²) in [6.45, 7) is 7.31. The Morgan fingerprint density at radius 3 is 2.37 bits per heavy atom. The van der Waals surface area contributed by atoms with Crippen LogP contribution >= 0.6 is 24.8 Å². The number of amides is 1. The fourth-order valence-corrected chi connectivity index (χ4v) is 6.97. The van der Waals surface area contributed by atoms with Crippen molar-refractivity contribution in [2.75, 3.05) is 32.7 Å². The van der Waals surface area contributed by atoms with Crippen molar-refractivity contribution in [2.24, 2.45) is 11.8 Å². The molecule has 1 aliphatic carbocycles. The topological polar surface area (TPSA) is 71.3 Å². The van der Waals surface area contributed by atoms with E-state index in [1.807, 2.05) is 40.3 Å². The number of aryl methyl sites for hydroxylation is 1. The molecule has 3 aliphatic rings. The zero-order valence-corrected chi connectivity index (χ0v) is 24.5. The number of carbonyl (C=O) groups excluding carboxylic acids is 1. The van der Waals surface area contributed by atoms with Crippen molar-refractivity contribution in [1.29, 1.82) is 0 Å². The first kappa shape index (κ1) is 31.0. The number of halogens is 2. The Labute approximate surface area is 239 Å². The van der Waals surface area contributed by atoms with Crippen molar-refractivity contribution >= 4 is 41.8 Å². The van der Waals surface area contributed by atoms with Gasteiger partial charge in [-0.25, -0.2) is 4.79 Å². The summed E-state index contributed by atoms with van der Waals surface area (Å²) in [5, 5.41) is 6.79. The van der Waals surface area contributed by atoms with Gasteiger partial charge < -0.3 is 15.5 Å². The van der Waals surface area contributed by atoms with E-state index in [2.05, 4.69) is 15.5 Å². The van der Waals surface area contributed by atoms with Gasteiger partial charge in [-0.15, -0.1) is 24.8 Å². The molecule has 0 bridgehead atoms. The molecule has 1 unspecified atom stereocenters. The van der Waals surface area contributed by atoms with Crippen LogP contribution < -0.4 is 16.3 Å². The third kappa shape index (κ3) is 6.96. The van der Waals surface area contributed by atoms with E-state index in [1.54, 1.807) is 0 Å². The molecule has 2 N–H and O–H groups in total. The number of piperidine rings is 2. The van der Waals surface area contributed by atoms with Crippen LogP contribution in [0, 0.1) is 11.8 Å². The van der Waals surface area contributed by atoms with E-state index in [4.69, 9.17) is 0 Å². The Bertz CT molecular complexity index is 1070. The SMILES string of the molecule is CCn1c(=O)n([C@H]2CCN(CC3CCCCCCC3)C[C@@H]2C(=O)NC2CCCNC2)c2ccccc21.Cl.Cl.